The lowest BCUT2D eigenvalue weighted by Gasteiger charge is -2.21. The maximum absolute atomic E-state index is 10.9. The van der Waals surface area contributed by atoms with Gasteiger partial charge in [-0.3, -0.25) is 19.9 Å². The Bertz CT molecular complexity index is 539. The molecule has 0 spiro atoms. The number of pyridine rings is 1. The Morgan fingerprint density at radius 1 is 1.58 bits per heavy atom. The first-order chi connectivity index (χ1) is 9.08. The van der Waals surface area contributed by atoms with Crippen LogP contribution in [-0.2, 0) is 9.53 Å². The van der Waals surface area contributed by atoms with E-state index in [1.807, 2.05) is 6.08 Å². The van der Waals surface area contributed by atoms with Gasteiger partial charge in [-0.25, -0.2) is 0 Å². The molecule has 1 aliphatic carbocycles. The molecule has 2 rings (SSSR count). The first-order valence-electron chi connectivity index (χ1n) is 6.03. The fourth-order valence-corrected chi connectivity index (χ4v) is 2.20. The molecule has 0 radical (unpaired) electrons. The molecule has 0 aliphatic heterocycles. The molecule has 100 valence electrons. The fraction of sp³-hybridized carbons (Fsp3) is 0.385. The molecule has 0 amide bonds. The number of rotatable bonds is 3. The van der Waals surface area contributed by atoms with Crippen molar-refractivity contribution in [3.05, 3.63) is 40.2 Å². The molecule has 0 fully saturated rings. The van der Waals surface area contributed by atoms with Crippen molar-refractivity contribution in [1.29, 1.82) is 0 Å². The minimum absolute atomic E-state index is 0.0136. The van der Waals surface area contributed by atoms with Gasteiger partial charge in [0.05, 0.1) is 10.5 Å². The summed E-state index contributed by atoms with van der Waals surface area (Å²) < 4.78 is 5.12. The van der Waals surface area contributed by atoms with Gasteiger partial charge >= 0.3 is 5.97 Å². The van der Waals surface area contributed by atoms with Gasteiger partial charge in [-0.05, 0) is 24.5 Å². The Morgan fingerprint density at radius 2 is 2.37 bits per heavy atom. The van der Waals surface area contributed by atoms with Crippen molar-refractivity contribution in [3.63, 3.8) is 0 Å². The largest absolute Gasteiger partial charge is 0.462 e. The van der Waals surface area contributed by atoms with Crippen molar-refractivity contribution in [1.82, 2.24) is 4.98 Å². The molecular formula is C13H14N2O4. The summed E-state index contributed by atoms with van der Waals surface area (Å²) in [6.07, 6.45) is 6.51. The molecule has 0 N–H and O–H groups in total. The topological polar surface area (TPSA) is 82.3 Å². The molecule has 1 unspecified atom stereocenters. The Labute approximate surface area is 110 Å². The van der Waals surface area contributed by atoms with Gasteiger partial charge in [-0.2, -0.15) is 0 Å². The summed E-state index contributed by atoms with van der Waals surface area (Å²) in [5, 5.41) is 10.9. The van der Waals surface area contributed by atoms with E-state index in [4.69, 9.17) is 4.74 Å². The summed E-state index contributed by atoms with van der Waals surface area (Å²) in [4.78, 5) is 25.2. The van der Waals surface area contributed by atoms with Crippen LogP contribution in [-0.4, -0.2) is 22.0 Å². The van der Waals surface area contributed by atoms with E-state index >= 15 is 0 Å². The number of carbonyl (C=O) groups excluding carboxylic acids is 1. The monoisotopic (exact) mass is 262 g/mol. The third-order valence-electron chi connectivity index (χ3n) is 3.04. The number of hydrogen-bond donors (Lipinski definition) is 0. The molecule has 0 bridgehead atoms. The van der Waals surface area contributed by atoms with Gasteiger partial charge in [0.25, 0.3) is 5.69 Å². The smallest absolute Gasteiger partial charge is 0.302 e. The van der Waals surface area contributed by atoms with Crippen molar-refractivity contribution < 1.29 is 14.5 Å². The number of carbonyl (C=O) groups is 1. The van der Waals surface area contributed by atoms with Crippen molar-refractivity contribution in [2.45, 2.75) is 32.3 Å². The summed E-state index contributed by atoms with van der Waals surface area (Å²) in [6, 6.07) is 1.65. The Morgan fingerprint density at radius 3 is 2.95 bits per heavy atom. The van der Waals surface area contributed by atoms with Crippen LogP contribution < -0.4 is 0 Å². The van der Waals surface area contributed by atoms with Crippen molar-refractivity contribution in [2.75, 3.05) is 0 Å². The average Bonchev–Trinajstić information content (AvgIpc) is 2.39. The first kappa shape index (κ1) is 13.2. The van der Waals surface area contributed by atoms with E-state index in [9.17, 15) is 14.9 Å². The summed E-state index contributed by atoms with van der Waals surface area (Å²) >= 11 is 0. The number of aromatic nitrogens is 1. The molecule has 0 saturated heterocycles. The number of hydrogen-bond acceptors (Lipinski definition) is 5. The van der Waals surface area contributed by atoms with E-state index in [1.165, 1.54) is 13.1 Å². The molecule has 1 aromatic rings. The summed E-state index contributed by atoms with van der Waals surface area (Å²) in [7, 11) is 0. The fourth-order valence-electron chi connectivity index (χ4n) is 2.20. The molecule has 1 atom stereocenters. The van der Waals surface area contributed by atoms with E-state index in [0.29, 0.717) is 24.8 Å². The SMILES string of the molecule is CC(=O)OC1CC=C(c2ccncc2[N+](=O)[O-])CC1. The highest BCUT2D eigenvalue weighted by Gasteiger charge is 2.22. The highest BCUT2D eigenvalue weighted by Crippen LogP contribution is 2.32. The number of allylic oxidation sites excluding steroid dienone is 1. The molecule has 1 aromatic heterocycles. The highest BCUT2D eigenvalue weighted by atomic mass is 16.6. The quantitative estimate of drug-likeness (QED) is 0.474. The molecule has 6 heteroatoms. The van der Waals surface area contributed by atoms with Crippen LogP contribution in [0.1, 0.15) is 31.7 Å². The lowest BCUT2D eigenvalue weighted by Crippen LogP contribution is -2.18. The van der Waals surface area contributed by atoms with Gasteiger partial charge in [0, 0.05) is 19.5 Å². The van der Waals surface area contributed by atoms with Crippen LogP contribution in [0.4, 0.5) is 5.69 Å². The minimum Gasteiger partial charge on any atom is -0.462 e. The van der Waals surface area contributed by atoms with E-state index in [0.717, 1.165) is 5.57 Å². The normalized spacial score (nSPS) is 18.6. The summed E-state index contributed by atoms with van der Waals surface area (Å²) in [6.45, 7) is 1.38. The van der Waals surface area contributed by atoms with E-state index in [2.05, 4.69) is 4.98 Å². The van der Waals surface area contributed by atoms with E-state index < -0.39 is 4.92 Å². The molecule has 0 aromatic carbocycles. The third-order valence-corrected chi connectivity index (χ3v) is 3.04. The Kier molecular flexibility index (Phi) is 3.89. The van der Waals surface area contributed by atoms with E-state index in [-0.39, 0.29) is 17.8 Å². The third kappa shape index (κ3) is 3.15. The zero-order valence-corrected chi connectivity index (χ0v) is 10.5. The summed E-state index contributed by atoms with van der Waals surface area (Å²) in [5.41, 5.74) is 1.53. The second-order valence-corrected chi connectivity index (χ2v) is 4.39. The van der Waals surface area contributed by atoms with Crippen LogP contribution in [0, 0.1) is 10.1 Å². The van der Waals surface area contributed by atoms with E-state index in [1.54, 1.807) is 12.3 Å². The van der Waals surface area contributed by atoms with Crippen molar-refractivity contribution in [2.24, 2.45) is 0 Å². The number of nitrogens with zero attached hydrogens (tertiary/aromatic N) is 2. The Balaban J connectivity index is 2.18. The van der Waals surface area contributed by atoms with Crippen LogP contribution >= 0.6 is 0 Å². The molecule has 0 saturated carbocycles. The number of nitro groups is 1. The minimum atomic E-state index is -0.429. The maximum atomic E-state index is 10.9. The van der Waals surface area contributed by atoms with Crippen LogP contribution in [0.2, 0.25) is 0 Å². The first-order valence-corrected chi connectivity index (χ1v) is 6.03. The zero-order valence-electron chi connectivity index (χ0n) is 10.5. The zero-order chi connectivity index (χ0) is 13.8. The van der Waals surface area contributed by atoms with Crippen LogP contribution in [0.5, 0.6) is 0 Å². The molecule has 1 heterocycles. The molecule has 6 nitrogen and oxygen atoms in total. The molecular weight excluding hydrogens is 248 g/mol. The standard InChI is InChI=1S/C13H14N2O4/c1-9(16)19-11-4-2-10(3-5-11)12-6-7-14-8-13(12)15(17)18/h2,6-8,11H,3-5H2,1H3. The average molecular weight is 262 g/mol. The molecule has 1 aliphatic rings. The second kappa shape index (κ2) is 5.60. The van der Waals surface area contributed by atoms with Gasteiger partial charge < -0.3 is 4.74 Å². The predicted molar refractivity (Wildman–Crippen MR) is 68.3 cm³/mol. The lowest BCUT2D eigenvalue weighted by molar-refractivity contribution is -0.385. The lowest BCUT2D eigenvalue weighted by atomic mass is 9.92. The van der Waals surface area contributed by atoms with Gasteiger partial charge in [-0.1, -0.05) is 6.08 Å². The Hall–Kier alpha value is -2.24. The predicted octanol–water partition coefficient (Wildman–Crippen LogP) is 2.49. The second-order valence-electron chi connectivity index (χ2n) is 4.39. The van der Waals surface area contributed by atoms with Crippen molar-refractivity contribution >= 4 is 17.2 Å². The van der Waals surface area contributed by atoms with Crippen LogP contribution in [0.15, 0.2) is 24.5 Å². The number of esters is 1. The number of ether oxygens (including phenoxy) is 1. The molecule has 19 heavy (non-hydrogen) atoms. The van der Waals surface area contributed by atoms with Gasteiger partial charge in [0.1, 0.15) is 12.3 Å². The maximum Gasteiger partial charge on any atom is 0.302 e. The van der Waals surface area contributed by atoms with Gasteiger partial charge in [0.15, 0.2) is 0 Å². The van der Waals surface area contributed by atoms with Crippen LogP contribution in [0.3, 0.4) is 0 Å². The summed E-state index contributed by atoms with van der Waals surface area (Å²) in [5.74, 6) is -0.295. The van der Waals surface area contributed by atoms with Crippen molar-refractivity contribution in [3.8, 4) is 0 Å². The van der Waals surface area contributed by atoms with Gasteiger partial charge in [0.2, 0.25) is 0 Å². The van der Waals surface area contributed by atoms with Crippen LogP contribution in [0.25, 0.3) is 5.57 Å². The highest BCUT2D eigenvalue weighted by molar-refractivity contribution is 5.73. The van der Waals surface area contributed by atoms with Gasteiger partial charge in [-0.15, -0.1) is 0 Å².